The fourth-order valence-electron chi connectivity index (χ4n) is 2.81. The number of rotatable bonds is 4. The summed E-state index contributed by atoms with van der Waals surface area (Å²) in [5.41, 5.74) is -1.77. The Labute approximate surface area is 193 Å². The first-order chi connectivity index (χ1) is 14.3. The van der Waals surface area contributed by atoms with Gasteiger partial charge in [0.05, 0.1) is 16.0 Å². The Bertz CT molecular complexity index is 1100. The molecule has 0 heterocycles. The van der Waals surface area contributed by atoms with E-state index in [4.69, 9.17) is 0 Å². The van der Waals surface area contributed by atoms with Crippen molar-refractivity contribution in [3.8, 4) is 0 Å². The second kappa shape index (κ2) is 9.58. The minimum absolute atomic E-state index is 0. The van der Waals surface area contributed by atoms with E-state index in [2.05, 4.69) is 0 Å². The average molecular weight is 484 g/mol. The first-order valence-corrected chi connectivity index (χ1v) is 11.2. The van der Waals surface area contributed by atoms with Gasteiger partial charge in [-0.1, -0.05) is 36.4 Å². The summed E-state index contributed by atoms with van der Waals surface area (Å²) >= 11 is 0. The van der Waals surface area contributed by atoms with Crippen LogP contribution in [0.15, 0.2) is 77.7 Å². The molecule has 0 bridgehead atoms. The Kier molecular flexibility index (Phi) is 7.91. The van der Waals surface area contributed by atoms with E-state index >= 15 is 0 Å². The van der Waals surface area contributed by atoms with Crippen LogP contribution in [0.1, 0.15) is 11.1 Å². The first-order valence-electron chi connectivity index (χ1n) is 8.47. The van der Waals surface area contributed by atoms with Crippen LogP contribution in [0.3, 0.4) is 0 Å². The van der Waals surface area contributed by atoms with Crippen LogP contribution >= 0.6 is 7.92 Å². The molecule has 0 amide bonds. The van der Waals surface area contributed by atoms with Gasteiger partial charge in [0.15, 0.2) is 0 Å². The van der Waals surface area contributed by atoms with Gasteiger partial charge >= 0.3 is 31.2 Å². The molecule has 12 heteroatoms. The monoisotopic (exact) mass is 484 g/mol. The molecule has 164 valence electrons. The van der Waals surface area contributed by atoms with Gasteiger partial charge in [-0.3, -0.25) is 0 Å². The summed E-state index contributed by atoms with van der Waals surface area (Å²) in [5.74, 6) is 0. The zero-order chi connectivity index (χ0) is 23.0. The van der Waals surface area contributed by atoms with Gasteiger partial charge < -0.3 is 4.55 Å². The van der Waals surface area contributed by atoms with E-state index < -0.39 is 46.4 Å². The molecule has 3 aromatic rings. The van der Waals surface area contributed by atoms with Gasteiger partial charge in [-0.15, -0.1) is 0 Å². The minimum atomic E-state index is -4.71. The molecule has 3 nitrogen and oxygen atoms in total. The standard InChI is InChI=1S/C20H13F6O3PS.Li/c21-19(22,23)13-1-5-15(6-2-13)30(16-7-3-14(4-8-16)20(24,25)26)17-9-11-18(12-10-17)31(27,28)29;/h1-12H,(H,27,28,29);/q;+1/p-1. The van der Waals surface area contributed by atoms with Crippen molar-refractivity contribution in [2.75, 3.05) is 0 Å². The number of hydrogen-bond acceptors (Lipinski definition) is 3. The predicted molar refractivity (Wildman–Crippen MR) is 103 cm³/mol. The zero-order valence-electron chi connectivity index (χ0n) is 16.3. The van der Waals surface area contributed by atoms with Gasteiger partial charge in [-0.25, -0.2) is 8.42 Å². The third kappa shape index (κ3) is 6.15. The normalized spacial score (nSPS) is 12.5. The molecule has 0 fully saturated rings. The smallest absolute Gasteiger partial charge is 0.744 e. The number of hydrogen-bond donors (Lipinski definition) is 0. The summed E-state index contributed by atoms with van der Waals surface area (Å²) in [6.07, 6.45) is -9.11. The first kappa shape index (κ1) is 26.4. The molecule has 0 saturated heterocycles. The van der Waals surface area contributed by atoms with Crippen molar-refractivity contribution in [1.82, 2.24) is 0 Å². The average Bonchev–Trinajstić information content (AvgIpc) is 2.67. The summed E-state index contributed by atoms with van der Waals surface area (Å²) in [7, 11) is -6.33. The van der Waals surface area contributed by atoms with E-state index in [0.717, 1.165) is 36.4 Å². The van der Waals surface area contributed by atoms with Crippen molar-refractivity contribution < 1.29 is 58.2 Å². The van der Waals surface area contributed by atoms with E-state index in [-0.39, 0.29) is 18.9 Å². The van der Waals surface area contributed by atoms with E-state index in [1.807, 2.05) is 0 Å². The molecule has 0 spiro atoms. The zero-order valence-corrected chi connectivity index (χ0v) is 18.0. The molecule has 0 unspecified atom stereocenters. The Morgan fingerprint density at radius 2 is 0.875 bits per heavy atom. The second-order valence-corrected chi connectivity index (χ2v) is 9.97. The van der Waals surface area contributed by atoms with Gasteiger partial charge in [0.25, 0.3) is 0 Å². The fourth-order valence-corrected chi connectivity index (χ4v) is 5.51. The summed E-state index contributed by atoms with van der Waals surface area (Å²) in [5, 5.41) is 1.25. The van der Waals surface area contributed by atoms with E-state index in [1.54, 1.807) is 0 Å². The summed E-state index contributed by atoms with van der Waals surface area (Å²) in [6, 6.07) is 13.1. The van der Waals surface area contributed by atoms with Crippen LogP contribution in [0.25, 0.3) is 0 Å². The molecular weight excluding hydrogens is 472 g/mol. The van der Waals surface area contributed by atoms with Crippen LogP contribution in [0.5, 0.6) is 0 Å². The van der Waals surface area contributed by atoms with Crippen molar-refractivity contribution in [3.63, 3.8) is 0 Å². The third-order valence-corrected chi connectivity index (χ3v) is 7.58. The van der Waals surface area contributed by atoms with Gasteiger partial charge in [0.1, 0.15) is 10.1 Å². The predicted octanol–water partition coefficient (Wildman–Crippen LogP) is 1.39. The summed E-state index contributed by atoms with van der Waals surface area (Å²) < 4.78 is 111. The van der Waals surface area contributed by atoms with Gasteiger partial charge in [0.2, 0.25) is 0 Å². The maximum absolute atomic E-state index is 12.9. The maximum atomic E-state index is 12.9. The molecule has 0 N–H and O–H groups in total. The van der Waals surface area contributed by atoms with E-state index in [9.17, 15) is 39.3 Å². The number of alkyl halides is 6. The molecule has 0 aliphatic heterocycles. The minimum Gasteiger partial charge on any atom is -0.744 e. The van der Waals surface area contributed by atoms with Crippen molar-refractivity contribution in [3.05, 3.63) is 83.9 Å². The van der Waals surface area contributed by atoms with E-state index in [0.29, 0.717) is 15.9 Å². The SMILES string of the molecule is O=S(=O)([O-])c1ccc(P(c2ccc(C(F)(F)F)cc2)c2ccc(C(F)(F)F)cc2)cc1.[Li+]. The molecule has 3 rings (SSSR count). The van der Waals surface area contributed by atoms with Crippen molar-refractivity contribution in [2.45, 2.75) is 17.2 Å². The van der Waals surface area contributed by atoms with Crippen LogP contribution in [0, 0.1) is 0 Å². The Balaban J connectivity index is 0.00000363. The molecule has 0 aliphatic rings. The van der Waals surface area contributed by atoms with Crippen LogP contribution in [0.2, 0.25) is 0 Å². The van der Waals surface area contributed by atoms with Crippen LogP contribution < -0.4 is 34.8 Å². The van der Waals surface area contributed by atoms with Gasteiger partial charge in [-0.2, -0.15) is 26.3 Å². The van der Waals surface area contributed by atoms with E-state index in [1.165, 1.54) is 36.4 Å². The maximum Gasteiger partial charge on any atom is 1.00 e. The topological polar surface area (TPSA) is 57.2 Å². The summed E-state index contributed by atoms with van der Waals surface area (Å²) in [4.78, 5) is -0.494. The van der Waals surface area contributed by atoms with Crippen LogP contribution in [0.4, 0.5) is 26.3 Å². The van der Waals surface area contributed by atoms with Crippen molar-refractivity contribution in [2.24, 2.45) is 0 Å². The molecule has 0 atom stereocenters. The van der Waals surface area contributed by atoms with Crippen LogP contribution in [-0.2, 0) is 22.5 Å². The van der Waals surface area contributed by atoms with Crippen molar-refractivity contribution >= 4 is 34.0 Å². The Morgan fingerprint density at radius 3 is 1.12 bits per heavy atom. The molecule has 0 aliphatic carbocycles. The molecule has 0 saturated carbocycles. The van der Waals surface area contributed by atoms with Gasteiger partial charge in [-0.05, 0) is 60.2 Å². The third-order valence-electron chi connectivity index (χ3n) is 4.29. The molecular formula is C20H12F6LiO3PS. The number of halogens is 6. The van der Waals surface area contributed by atoms with Crippen LogP contribution in [-0.4, -0.2) is 13.0 Å². The van der Waals surface area contributed by atoms with Gasteiger partial charge in [0, 0.05) is 0 Å². The largest absolute Gasteiger partial charge is 1.00 e. The fraction of sp³-hybridized carbons (Fsp3) is 0.100. The Hall–Kier alpha value is -1.82. The molecule has 3 aromatic carbocycles. The molecule has 0 aromatic heterocycles. The summed E-state index contributed by atoms with van der Waals surface area (Å²) in [6.45, 7) is 0. The molecule has 32 heavy (non-hydrogen) atoms. The number of benzene rings is 3. The Morgan fingerprint density at radius 1 is 0.594 bits per heavy atom. The van der Waals surface area contributed by atoms with Crippen molar-refractivity contribution in [1.29, 1.82) is 0 Å². The second-order valence-electron chi connectivity index (χ2n) is 6.37. The molecule has 0 radical (unpaired) electrons. The quantitative estimate of drug-likeness (QED) is 0.244.